The molecule has 0 atom stereocenters. The van der Waals surface area contributed by atoms with Crippen LogP contribution < -0.4 is 9.47 Å². The van der Waals surface area contributed by atoms with E-state index in [0.29, 0.717) is 13.2 Å². The molecule has 5 nitrogen and oxygen atoms in total. The maximum atomic E-state index is 6.07. The predicted molar refractivity (Wildman–Crippen MR) is 124 cm³/mol. The number of nitrogens with one attached hydrogen (secondary N) is 1. The number of rotatable bonds is 9. The van der Waals surface area contributed by atoms with E-state index in [1.54, 1.807) is 6.20 Å². The van der Waals surface area contributed by atoms with Gasteiger partial charge < -0.3 is 9.47 Å². The number of hydrogen-bond donors (Lipinski definition) is 1. The molecule has 0 saturated heterocycles. The van der Waals surface area contributed by atoms with Crippen molar-refractivity contribution in [3.05, 3.63) is 77.5 Å². The average Bonchev–Trinajstić information content (AvgIpc) is 3.16. The second-order valence-corrected chi connectivity index (χ2v) is 7.56. The van der Waals surface area contributed by atoms with Gasteiger partial charge in [0.1, 0.15) is 21.6 Å². The van der Waals surface area contributed by atoms with Crippen molar-refractivity contribution in [3.63, 3.8) is 0 Å². The van der Waals surface area contributed by atoms with Crippen LogP contribution in [0, 0.1) is 0 Å². The first-order chi connectivity index (χ1) is 14.8. The summed E-state index contributed by atoms with van der Waals surface area (Å²) in [4.78, 5) is 4.55. The number of halogens is 1. The third kappa shape index (κ3) is 4.54. The fourth-order valence-corrected chi connectivity index (χ4v) is 3.59. The van der Waals surface area contributed by atoms with Crippen molar-refractivity contribution in [2.24, 2.45) is 0 Å². The Bertz CT molecular complexity index is 1160. The molecule has 30 heavy (non-hydrogen) atoms. The van der Waals surface area contributed by atoms with Crippen molar-refractivity contribution in [2.75, 3.05) is 13.2 Å². The molecule has 2 heterocycles. The smallest absolute Gasteiger partial charge is 0.128 e. The second kappa shape index (κ2) is 9.59. The van der Waals surface area contributed by atoms with E-state index in [1.807, 2.05) is 60.7 Å². The van der Waals surface area contributed by atoms with Crippen molar-refractivity contribution in [3.8, 4) is 22.8 Å². The van der Waals surface area contributed by atoms with Gasteiger partial charge in [0.05, 0.1) is 25.1 Å². The van der Waals surface area contributed by atoms with Gasteiger partial charge in [0, 0.05) is 16.5 Å². The van der Waals surface area contributed by atoms with Crippen LogP contribution in [0.25, 0.3) is 28.2 Å². The molecule has 0 saturated carbocycles. The number of unbranched alkanes of at least 4 members (excludes halogenated alkanes) is 1. The summed E-state index contributed by atoms with van der Waals surface area (Å²) in [5.74, 6) is 1.69. The van der Waals surface area contributed by atoms with Crippen LogP contribution in [0.2, 0.25) is 0 Å². The van der Waals surface area contributed by atoms with Crippen LogP contribution in [-0.2, 0) is 0 Å². The Labute approximate surface area is 183 Å². The summed E-state index contributed by atoms with van der Waals surface area (Å²) < 4.78 is 12.8. The summed E-state index contributed by atoms with van der Waals surface area (Å²) in [7, 11) is 0. The maximum Gasteiger partial charge on any atom is 0.128 e. The molecule has 0 aliphatic heterocycles. The highest BCUT2D eigenvalue weighted by atomic mass is 79.9. The number of nitrogens with zero attached hydrogens (tertiary/aromatic N) is 2. The van der Waals surface area contributed by atoms with E-state index >= 15 is 0 Å². The summed E-state index contributed by atoms with van der Waals surface area (Å²) in [5.41, 5.74) is 3.65. The number of aromatic nitrogens is 3. The van der Waals surface area contributed by atoms with Gasteiger partial charge >= 0.3 is 0 Å². The first-order valence-electron chi connectivity index (χ1n) is 9.82. The molecule has 0 unspecified atom stereocenters. The number of ether oxygens (including phenoxy) is 2. The Hall–Kier alpha value is -3.12. The van der Waals surface area contributed by atoms with E-state index in [4.69, 9.17) is 9.47 Å². The SMILES string of the molecule is C=Cc1ccccc1OCCCCOc1ccccc1-c1cc2c(Br)[nH]nc2cn1. The van der Waals surface area contributed by atoms with Crippen molar-refractivity contribution in [2.45, 2.75) is 12.8 Å². The third-order valence-corrected chi connectivity index (χ3v) is 5.35. The van der Waals surface area contributed by atoms with E-state index in [-0.39, 0.29) is 0 Å². The maximum absolute atomic E-state index is 6.07. The van der Waals surface area contributed by atoms with E-state index in [1.165, 1.54) is 0 Å². The Balaban J connectivity index is 1.34. The summed E-state index contributed by atoms with van der Waals surface area (Å²) in [6.07, 6.45) is 5.37. The zero-order valence-corrected chi connectivity index (χ0v) is 18.1. The van der Waals surface area contributed by atoms with Gasteiger partial charge in [-0.25, -0.2) is 0 Å². The first kappa shape index (κ1) is 20.2. The van der Waals surface area contributed by atoms with Crippen molar-refractivity contribution in [1.82, 2.24) is 15.2 Å². The Kier molecular flexibility index (Phi) is 6.44. The Morgan fingerprint density at radius 3 is 2.47 bits per heavy atom. The first-order valence-corrected chi connectivity index (χ1v) is 10.6. The van der Waals surface area contributed by atoms with E-state index in [2.05, 4.69) is 37.7 Å². The van der Waals surface area contributed by atoms with Crippen LogP contribution in [0.4, 0.5) is 0 Å². The van der Waals surface area contributed by atoms with Crippen molar-refractivity contribution >= 4 is 32.9 Å². The van der Waals surface area contributed by atoms with Gasteiger partial charge in [-0.3, -0.25) is 10.1 Å². The fraction of sp³-hybridized carbons (Fsp3) is 0.167. The normalized spacial score (nSPS) is 10.8. The summed E-state index contributed by atoms with van der Waals surface area (Å²) >= 11 is 3.49. The monoisotopic (exact) mass is 463 g/mol. The summed E-state index contributed by atoms with van der Waals surface area (Å²) in [6, 6.07) is 17.9. The lowest BCUT2D eigenvalue weighted by Crippen LogP contribution is -2.04. The molecule has 0 aliphatic carbocycles. The van der Waals surface area contributed by atoms with Crippen LogP contribution in [0.1, 0.15) is 18.4 Å². The van der Waals surface area contributed by atoms with E-state index < -0.39 is 0 Å². The third-order valence-electron chi connectivity index (χ3n) is 4.75. The minimum Gasteiger partial charge on any atom is -0.493 e. The molecule has 6 heteroatoms. The number of fused-ring (bicyclic) bond motifs is 1. The largest absolute Gasteiger partial charge is 0.493 e. The Morgan fingerprint density at radius 1 is 0.967 bits per heavy atom. The minimum atomic E-state index is 0.612. The van der Waals surface area contributed by atoms with Crippen LogP contribution >= 0.6 is 15.9 Å². The number of H-pyrrole nitrogens is 1. The molecule has 4 rings (SSSR count). The van der Waals surface area contributed by atoms with Gasteiger partial charge in [0.2, 0.25) is 0 Å². The molecule has 0 fully saturated rings. The molecule has 4 aromatic rings. The lowest BCUT2D eigenvalue weighted by Gasteiger charge is -2.12. The van der Waals surface area contributed by atoms with Crippen LogP contribution in [0.5, 0.6) is 11.5 Å². The van der Waals surface area contributed by atoms with E-state index in [0.717, 1.165) is 56.7 Å². The van der Waals surface area contributed by atoms with Gasteiger partial charge in [-0.1, -0.05) is 43.0 Å². The zero-order chi connectivity index (χ0) is 20.8. The molecular formula is C24H22BrN3O2. The lowest BCUT2D eigenvalue weighted by atomic mass is 10.1. The molecule has 0 radical (unpaired) electrons. The van der Waals surface area contributed by atoms with Gasteiger partial charge in [-0.2, -0.15) is 5.10 Å². The molecular weight excluding hydrogens is 442 g/mol. The molecule has 1 N–H and O–H groups in total. The second-order valence-electron chi connectivity index (χ2n) is 6.77. The molecule has 152 valence electrons. The van der Waals surface area contributed by atoms with Gasteiger partial charge in [0.15, 0.2) is 0 Å². The fourth-order valence-electron chi connectivity index (χ4n) is 3.18. The average molecular weight is 464 g/mol. The molecule has 0 bridgehead atoms. The van der Waals surface area contributed by atoms with Crippen LogP contribution in [0.15, 0.2) is 72.0 Å². The zero-order valence-electron chi connectivity index (χ0n) is 16.5. The Morgan fingerprint density at radius 2 is 1.67 bits per heavy atom. The number of benzene rings is 2. The van der Waals surface area contributed by atoms with Gasteiger partial charge in [-0.15, -0.1) is 0 Å². The predicted octanol–water partition coefficient (Wildman–Crippen LogP) is 6.27. The van der Waals surface area contributed by atoms with Crippen LogP contribution in [-0.4, -0.2) is 28.4 Å². The van der Waals surface area contributed by atoms with Crippen molar-refractivity contribution < 1.29 is 9.47 Å². The minimum absolute atomic E-state index is 0.612. The number of hydrogen-bond acceptors (Lipinski definition) is 4. The standard InChI is InChI=1S/C24H22BrN3O2/c1-2-17-9-3-5-11-22(17)29-13-7-8-14-30-23-12-6-4-10-18(23)20-15-19-21(16-26-20)27-28-24(19)25/h2-6,9-12,15-16H,1,7-8,13-14H2,(H,27,28). The highest BCUT2D eigenvalue weighted by Crippen LogP contribution is 2.31. The molecule has 2 aromatic heterocycles. The van der Waals surface area contributed by atoms with Gasteiger partial charge in [0.25, 0.3) is 0 Å². The summed E-state index contributed by atoms with van der Waals surface area (Å²) in [5, 5.41) is 8.12. The highest BCUT2D eigenvalue weighted by molar-refractivity contribution is 9.10. The topological polar surface area (TPSA) is 60.0 Å². The highest BCUT2D eigenvalue weighted by Gasteiger charge is 2.11. The lowest BCUT2D eigenvalue weighted by molar-refractivity contribution is 0.267. The van der Waals surface area contributed by atoms with Crippen LogP contribution in [0.3, 0.4) is 0 Å². The number of aromatic amines is 1. The molecule has 0 amide bonds. The number of para-hydroxylation sites is 2. The number of pyridine rings is 1. The van der Waals surface area contributed by atoms with E-state index in [9.17, 15) is 0 Å². The molecule has 2 aromatic carbocycles. The van der Waals surface area contributed by atoms with Gasteiger partial charge in [-0.05, 0) is 53.0 Å². The van der Waals surface area contributed by atoms with Crippen molar-refractivity contribution in [1.29, 1.82) is 0 Å². The molecule has 0 spiro atoms. The summed E-state index contributed by atoms with van der Waals surface area (Å²) in [6.45, 7) is 5.08. The molecule has 0 aliphatic rings. The quantitative estimate of drug-likeness (QED) is 0.297.